The molecule has 0 radical (unpaired) electrons. The highest BCUT2D eigenvalue weighted by Crippen LogP contribution is 2.12. The monoisotopic (exact) mass is 428 g/mol. The van der Waals surface area contributed by atoms with E-state index in [1.807, 2.05) is 32.6 Å². The molecule has 0 aliphatic carbocycles. The molecule has 1 fully saturated rings. The number of ether oxygens (including phenoxy) is 1. The van der Waals surface area contributed by atoms with Gasteiger partial charge >= 0.3 is 6.09 Å². The zero-order valence-electron chi connectivity index (χ0n) is 13.9. The van der Waals surface area contributed by atoms with Crippen LogP contribution in [-0.4, -0.2) is 71.4 Å². The number of guanidine groups is 1. The van der Waals surface area contributed by atoms with Gasteiger partial charge in [-0.05, 0) is 27.2 Å². The van der Waals surface area contributed by atoms with Crippen LogP contribution in [0.2, 0.25) is 0 Å². The number of carbonyl (C=O) groups is 1. The highest BCUT2D eigenvalue weighted by atomic mass is 127. The average molecular weight is 428 g/mol. The molecule has 130 valence electrons. The Labute approximate surface area is 149 Å². The van der Waals surface area contributed by atoms with Gasteiger partial charge in [-0.1, -0.05) is 6.92 Å². The Morgan fingerprint density at radius 2 is 1.77 bits per heavy atom. The number of rotatable bonds is 3. The van der Waals surface area contributed by atoms with E-state index in [0.717, 1.165) is 6.42 Å². The van der Waals surface area contributed by atoms with Crippen LogP contribution in [0.5, 0.6) is 0 Å². The van der Waals surface area contributed by atoms with Crippen molar-refractivity contribution < 1.29 is 14.6 Å². The second-order valence-corrected chi connectivity index (χ2v) is 6.19. The maximum Gasteiger partial charge on any atom is 0.410 e. The lowest BCUT2D eigenvalue weighted by Gasteiger charge is -2.36. The van der Waals surface area contributed by atoms with Gasteiger partial charge in [0.2, 0.25) is 0 Å². The van der Waals surface area contributed by atoms with Crippen molar-refractivity contribution in [3.8, 4) is 0 Å². The largest absolute Gasteiger partial charge is 0.444 e. The zero-order chi connectivity index (χ0) is 16.0. The van der Waals surface area contributed by atoms with E-state index in [1.165, 1.54) is 0 Å². The molecule has 0 saturated carbocycles. The number of aliphatic hydroxyl groups is 1. The topological polar surface area (TPSA) is 91.4 Å². The quantitative estimate of drug-likeness (QED) is 0.401. The minimum atomic E-state index is -0.482. The van der Waals surface area contributed by atoms with Crippen molar-refractivity contribution in [3.63, 3.8) is 0 Å². The number of piperazine rings is 1. The third-order valence-electron chi connectivity index (χ3n) is 3.25. The van der Waals surface area contributed by atoms with E-state index in [9.17, 15) is 4.79 Å². The number of aliphatic hydroxyl groups excluding tert-OH is 1. The number of nitrogens with zero attached hydrogens (tertiary/aromatic N) is 3. The summed E-state index contributed by atoms with van der Waals surface area (Å²) >= 11 is 0. The van der Waals surface area contributed by atoms with Gasteiger partial charge in [0.15, 0.2) is 5.96 Å². The summed E-state index contributed by atoms with van der Waals surface area (Å²) in [5, 5.41) is 9.15. The molecule has 0 spiro atoms. The van der Waals surface area contributed by atoms with E-state index in [4.69, 9.17) is 15.6 Å². The van der Waals surface area contributed by atoms with Crippen LogP contribution >= 0.6 is 24.0 Å². The van der Waals surface area contributed by atoms with Gasteiger partial charge in [-0.15, -0.1) is 24.0 Å². The summed E-state index contributed by atoms with van der Waals surface area (Å²) in [5.74, 6) is 0.430. The summed E-state index contributed by atoms with van der Waals surface area (Å²) in [6.07, 6.45) is 0.453. The SMILES string of the molecule is CC[C@H](CO)N=C(N)N1CCN(C(=O)OC(C)(C)C)CC1.I. The molecule has 1 atom stereocenters. The Bertz CT molecular complexity index is 373. The first-order valence-corrected chi connectivity index (χ1v) is 7.43. The Kier molecular flexibility index (Phi) is 9.06. The van der Waals surface area contributed by atoms with Crippen molar-refractivity contribution in [3.05, 3.63) is 0 Å². The lowest BCUT2D eigenvalue weighted by Crippen LogP contribution is -2.53. The third-order valence-corrected chi connectivity index (χ3v) is 3.25. The molecular formula is C14H29IN4O3. The van der Waals surface area contributed by atoms with Gasteiger partial charge in [0.25, 0.3) is 0 Å². The molecule has 0 unspecified atom stereocenters. The Morgan fingerprint density at radius 3 is 2.18 bits per heavy atom. The van der Waals surface area contributed by atoms with Gasteiger partial charge in [-0.25, -0.2) is 9.79 Å². The molecule has 22 heavy (non-hydrogen) atoms. The smallest absolute Gasteiger partial charge is 0.410 e. The van der Waals surface area contributed by atoms with Crippen molar-refractivity contribution in [2.75, 3.05) is 32.8 Å². The number of carbonyl (C=O) groups excluding carboxylic acids is 1. The molecule has 3 N–H and O–H groups in total. The summed E-state index contributed by atoms with van der Waals surface area (Å²) in [6, 6.07) is -0.158. The predicted octanol–water partition coefficient (Wildman–Crippen LogP) is 1.24. The first kappa shape index (κ1) is 21.2. The predicted molar refractivity (Wildman–Crippen MR) is 97.6 cm³/mol. The van der Waals surface area contributed by atoms with Crippen LogP contribution in [0.3, 0.4) is 0 Å². The van der Waals surface area contributed by atoms with Crippen LogP contribution in [-0.2, 0) is 4.74 Å². The highest BCUT2D eigenvalue weighted by molar-refractivity contribution is 14.0. The first-order chi connectivity index (χ1) is 9.76. The molecule has 1 aliphatic heterocycles. The molecule has 1 heterocycles. The molecule has 0 aromatic rings. The van der Waals surface area contributed by atoms with Gasteiger partial charge in [-0.2, -0.15) is 0 Å². The van der Waals surface area contributed by atoms with Crippen LogP contribution in [0.4, 0.5) is 4.79 Å². The third kappa shape index (κ3) is 6.99. The van der Waals surface area contributed by atoms with Gasteiger partial charge in [0.1, 0.15) is 5.60 Å². The average Bonchev–Trinajstić information content (AvgIpc) is 2.42. The van der Waals surface area contributed by atoms with Crippen LogP contribution in [0.15, 0.2) is 4.99 Å². The Morgan fingerprint density at radius 1 is 1.27 bits per heavy atom. The Balaban J connectivity index is 0.00000441. The van der Waals surface area contributed by atoms with E-state index in [1.54, 1.807) is 4.90 Å². The van der Waals surface area contributed by atoms with Gasteiger partial charge in [-0.3, -0.25) is 0 Å². The molecule has 7 nitrogen and oxygen atoms in total. The van der Waals surface area contributed by atoms with E-state index >= 15 is 0 Å². The molecule has 0 aromatic carbocycles. The maximum absolute atomic E-state index is 12.0. The number of hydrogen-bond acceptors (Lipinski definition) is 4. The normalized spacial score (nSPS) is 17.8. The second kappa shape index (κ2) is 9.39. The fourth-order valence-electron chi connectivity index (χ4n) is 1.97. The van der Waals surface area contributed by atoms with Crippen LogP contribution < -0.4 is 5.73 Å². The lowest BCUT2D eigenvalue weighted by molar-refractivity contribution is 0.0186. The second-order valence-electron chi connectivity index (χ2n) is 6.19. The van der Waals surface area contributed by atoms with Crippen LogP contribution in [0.1, 0.15) is 34.1 Å². The van der Waals surface area contributed by atoms with Gasteiger partial charge in [0, 0.05) is 26.2 Å². The van der Waals surface area contributed by atoms with E-state index in [2.05, 4.69) is 4.99 Å². The summed E-state index contributed by atoms with van der Waals surface area (Å²) in [6.45, 7) is 9.87. The van der Waals surface area contributed by atoms with E-state index < -0.39 is 5.60 Å². The Hall–Kier alpha value is -0.770. The van der Waals surface area contributed by atoms with Crippen molar-refractivity contribution in [1.82, 2.24) is 9.80 Å². The fraction of sp³-hybridized carbons (Fsp3) is 0.857. The summed E-state index contributed by atoms with van der Waals surface area (Å²) in [4.78, 5) is 19.9. The molecule has 1 rings (SSSR count). The lowest BCUT2D eigenvalue weighted by atomic mass is 10.2. The number of hydrogen-bond donors (Lipinski definition) is 2. The van der Waals surface area contributed by atoms with Crippen molar-refractivity contribution in [2.45, 2.75) is 45.8 Å². The van der Waals surface area contributed by atoms with Crippen molar-refractivity contribution in [2.24, 2.45) is 10.7 Å². The number of aliphatic imine (C=N–C) groups is 1. The minimum Gasteiger partial charge on any atom is -0.444 e. The van der Waals surface area contributed by atoms with E-state index in [-0.39, 0.29) is 42.7 Å². The number of halogens is 1. The number of nitrogens with two attached hydrogens (primary N) is 1. The van der Waals surface area contributed by atoms with Gasteiger partial charge < -0.3 is 25.4 Å². The standard InChI is InChI=1S/C14H28N4O3.HI/c1-5-11(10-19)16-12(15)17-6-8-18(9-7-17)13(20)21-14(2,3)4;/h11,19H,5-10H2,1-4H3,(H2,15,16);1H/t11-;/m1./s1. The minimum absolute atomic E-state index is 0. The fourth-order valence-corrected chi connectivity index (χ4v) is 1.97. The van der Waals surface area contributed by atoms with Crippen molar-refractivity contribution >= 4 is 36.0 Å². The molecule has 1 amide bonds. The molecule has 8 heteroatoms. The summed E-state index contributed by atoms with van der Waals surface area (Å²) in [7, 11) is 0. The molecule has 0 bridgehead atoms. The molecule has 0 aromatic heterocycles. The van der Waals surface area contributed by atoms with Crippen LogP contribution in [0.25, 0.3) is 0 Å². The molecule has 1 aliphatic rings. The molecular weight excluding hydrogens is 399 g/mol. The van der Waals surface area contributed by atoms with Crippen molar-refractivity contribution in [1.29, 1.82) is 0 Å². The number of amides is 1. The highest BCUT2D eigenvalue weighted by Gasteiger charge is 2.26. The molecule has 1 saturated heterocycles. The van der Waals surface area contributed by atoms with Gasteiger partial charge in [0.05, 0.1) is 12.6 Å². The summed E-state index contributed by atoms with van der Waals surface area (Å²) < 4.78 is 5.35. The zero-order valence-corrected chi connectivity index (χ0v) is 16.2. The van der Waals surface area contributed by atoms with Crippen LogP contribution in [0, 0.1) is 0 Å². The summed E-state index contributed by atoms with van der Waals surface area (Å²) in [5.41, 5.74) is 5.47. The van der Waals surface area contributed by atoms with E-state index in [0.29, 0.717) is 32.1 Å². The maximum atomic E-state index is 12.0. The first-order valence-electron chi connectivity index (χ1n) is 7.43.